The Labute approximate surface area is 201 Å². The van der Waals surface area contributed by atoms with Gasteiger partial charge in [0.05, 0.1) is 16.1 Å². The van der Waals surface area contributed by atoms with Crippen LogP contribution in [0.4, 0.5) is 0 Å². The lowest BCUT2D eigenvalue weighted by molar-refractivity contribution is 0.0999. The van der Waals surface area contributed by atoms with Gasteiger partial charge >= 0.3 is 0 Å². The normalized spacial score (nSPS) is 11.0. The minimum Gasteiger partial charge on any atom is -0.287 e. The van der Waals surface area contributed by atoms with Gasteiger partial charge in [-0.2, -0.15) is 5.10 Å². The highest BCUT2D eigenvalue weighted by Gasteiger charge is 2.19. The third kappa shape index (κ3) is 3.81. The second kappa shape index (κ2) is 8.69. The number of thiophene rings is 1. The number of fused-ring (bicyclic) bond motifs is 1. The topological polar surface area (TPSA) is 98.9 Å². The van der Waals surface area contributed by atoms with E-state index in [1.54, 1.807) is 31.2 Å². The van der Waals surface area contributed by atoms with Crippen LogP contribution in [0.3, 0.4) is 0 Å². The number of amides is 1. The fourth-order valence-electron chi connectivity index (χ4n) is 3.58. The van der Waals surface area contributed by atoms with Gasteiger partial charge in [0.2, 0.25) is 5.43 Å². The summed E-state index contributed by atoms with van der Waals surface area (Å²) in [6.45, 7) is 1.68. The molecule has 0 saturated carbocycles. The molecule has 8 nitrogen and oxygen atoms in total. The SMILES string of the molecule is Cc1cc(=O)c(C(=O)Nn2cnc3scc(-c4ccccc4)c3c2=O)nn1-c1ccccc1Cl. The molecule has 0 atom stereocenters. The molecule has 0 unspecified atom stereocenters. The molecule has 0 radical (unpaired) electrons. The second-order valence-electron chi connectivity index (χ2n) is 7.42. The molecule has 0 aliphatic heterocycles. The van der Waals surface area contributed by atoms with Gasteiger partial charge in [-0.05, 0) is 24.6 Å². The zero-order valence-electron chi connectivity index (χ0n) is 17.7. The molecule has 0 spiro atoms. The molecule has 1 N–H and O–H groups in total. The summed E-state index contributed by atoms with van der Waals surface area (Å²) in [6.07, 6.45) is 1.22. The van der Waals surface area contributed by atoms with Crippen LogP contribution in [-0.2, 0) is 0 Å². The Bertz CT molecular complexity index is 1670. The van der Waals surface area contributed by atoms with E-state index in [2.05, 4.69) is 15.5 Å². The van der Waals surface area contributed by atoms with Gasteiger partial charge in [-0.3, -0.25) is 19.8 Å². The Morgan fingerprint density at radius 1 is 1.06 bits per heavy atom. The van der Waals surface area contributed by atoms with E-state index < -0.39 is 16.9 Å². The first kappa shape index (κ1) is 21.7. The molecule has 5 rings (SSSR count). The van der Waals surface area contributed by atoms with Gasteiger partial charge in [-0.25, -0.2) is 14.3 Å². The van der Waals surface area contributed by atoms with E-state index in [0.29, 0.717) is 26.6 Å². The monoisotopic (exact) mass is 489 g/mol. The smallest absolute Gasteiger partial charge is 0.287 e. The van der Waals surface area contributed by atoms with Gasteiger partial charge in [0, 0.05) is 22.7 Å². The van der Waals surface area contributed by atoms with Crippen molar-refractivity contribution in [2.24, 2.45) is 0 Å². The van der Waals surface area contributed by atoms with Gasteiger partial charge in [0.15, 0.2) is 5.69 Å². The summed E-state index contributed by atoms with van der Waals surface area (Å²) in [5, 5.41) is 6.86. The predicted octanol–water partition coefficient (Wildman–Crippen LogP) is 4.02. The van der Waals surface area contributed by atoms with Crippen molar-refractivity contribution < 1.29 is 4.79 Å². The Balaban J connectivity index is 1.56. The van der Waals surface area contributed by atoms with Gasteiger partial charge < -0.3 is 0 Å². The van der Waals surface area contributed by atoms with Gasteiger partial charge in [-0.1, -0.05) is 54.1 Å². The van der Waals surface area contributed by atoms with Crippen LogP contribution in [0.15, 0.2) is 82.0 Å². The molecule has 34 heavy (non-hydrogen) atoms. The molecule has 10 heteroatoms. The maximum Gasteiger partial charge on any atom is 0.294 e. The first-order valence-corrected chi connectivity index (χ1v) is 11.4. The highest BCUT2D eigenvalue weighted by molar-refractivity contribution is 7.17. The van der Waals surface area contributed by atoms with Crippen LogP contribution in [0, 0.1) is 6.92 Å². The fourth-order valence-corrected chi connectivity index (χ4v) is 4.70. The van der Waals surface area contributed by atoms with Crippen molar-refractivity contribution in [3.63, 3.8) is 0 Å². The number of halogens is 1. The van der Waals surface area contributed by atoms with Gasteiger partial charge in [0.25, 0.3) is 11.5 Å². The van der Waals surface area contributed by atoms with Crippen molar-refractivity contribution in [2.45, 2.75) is 6.92 Å². The maximum atomic E-state index is 13.2. The van der Waals surface area contributed by atoms with Gasteiger partial charge in [0.1, 0.15) is 11.2 Å². The van der Waals surface area contributed by atoms with Crippen molar-refractivity contribution in [1.82, 2.24) is 19.4 Å². The lowest BCUT2D eigenvalue weighted by Gasteiger charge is -2.13. The summed E-state index contributed by atoms with van der Waals surface area (Å²) in [5.74, 6) is -0.842. The van der Waals surface area contributed by atoms with Crippen LogP contribution < -0.4 is 16.4 Å². The molecule has 3 aromatic heterocycles. The average Bonchev–Trinajstić information content (AvgIpc) is 3.27. The lowest BCUT2D eigenvalue weighted by Crippen LogP contribution is -2.36. The third-order valence-electron chi connectivity index (χ3n) is 5.20. The number of carbonyl (C=O) groups is 1. The number of aromatic nitrogens is 4. The maximum absolute atomic E-state index is 13.2. The molecule has 0 fully saturated rings. The van der Waals surface area contributed by atoms with Crippen LogP contribution >= 0.6 is 22.9 Å². The number of aryl methyl sites for hydroxylation is 1. The molecule has 0 aliphatic carbocycles. The molecule has 0 bridgehead atoms. The molecule has 2 aromatic carbocycles. The third-order valence-corrected chi connectivity index (χ3v) is 6.41. The Kier molecular flexibility index (Phi) is 5.56. The standard InChI is InChI=1S/C24H16ClN5O3S/c1-14-11-19(31)21(27-30(14)18-10-6-5-9-17(18)25)22(32)28-29-13-26-23-20(24(29)33)16(12-34-23)15-7-3-2-4-8-15/h2-13H,1H3,(H,28,32). The zero-order chi connectivity index (χ0) is 23.8. The molecule has 5 aromatic rings. The van der Waals surface area contributed by atoms with Crippen LogP contribution in [0.1, 0.15) is 16.2 Å². The van der Waals surface area contributed by atoms with E-state index in [0.717, 1.165) is 15.8 Å². The zero-order valence-corrected chi connectivity index (χ0v) is 19.3. The van der Waals surface area contributed by atoms with E-state index in [1.807, 2.05) is 35.7 Å². The fraction of sp³-hybridized carbons (Fsp3) is 0.0417. The molecule has 168 valence electrons. The average molecular weight is 490 g/mol. The number of hydrogen-bond donors (Lipinski definition) is 1. The summed E-state index contributed by atoms with van der Waals surface area (Å²) in [6, 6.07) is 17.7. The predicted molar refractivity (Wildman–Crippen MR) is 133 cm³/mol. The summed E-state index contributed by atoms with van der Waals surface area (Å²) in [7, 11) is 0. The highest BCUT2D eigenvalue weighted by Crippen LogP contribution is 2.30. The minimum atomic E-state index is -0.842. The molecule has 0 saturated heterocycles. The highest BCUT2D eigenvalue weighted by atomic mass is 35.5. The number of carbonyl (C=O) groups excluding carboxylic acids is 1. The summed E-state index contributed by atoms with van der Waals surface area (Å²) in [4.78, 5) is 43.6. The van der Waals surface area contributed by atoms with Crippen LogP contribution in [0.25, 0.3) is 27.0 Å². The largest absolute Gasteiger partial charge is 0.294 e. The van der Waals surface area contributed by atoms with E-state index in [1.165, 1.54) is 28.4 Å². The van der Waals surface area contributed by atoms with E-state index in [9.17, 15) is 14.4 Å². The minimum absolute atomic E-state index is 0.379. The summed E-state index contributed by atoms with van der Waals surface area (Å²) < 4.78 is 2.37. The molecule has 3 heterocycles. The van der Waals surface area contributed by atoms with E-state index in [4.69, 9.17) is 11.6 Å². The van der Waals surface area contributed by atoms with Crippen molar-refractivity contribution in [2.75, 3.05) is 5.43 Å². The van der Waals surface area contributed by atoms with Crippen molar-refractivity contribution in [3.05, 3.63) is 109 Å². The Morgan fingerprint density at radius 2 is 1.79 bits per heavy atom. The summed E-state index contributed by atoms with van der Waals surface area (Å²) >= 11 is 7.61. The number of hydrogen-bond acceptors (Lipinski definition) is 6. The molecular weight excluding hydrogens is 474 g/mol. The van der Waals surface area contributed by atoms with Gasteiger partial charge in [-0.15, -0.1) is 11.3 Å². The molecule has 1 amide bonds. The quantitative estimate of drug-likeness (QED) is 0.411. The van der Waals surface area contributed by atoms with E-state index in [-0.39, 0.29) is 5.69 Å². The van der Waals surface area contributed by atoms with Crippen molar-refractivity contribution in [3.8, 4) is 16.8 Å². The Hall–Kier alpha value is -4.08. The number of nitrogens with one attached hydrogen (secondary N) is 1. The first-order chi connectivity index (χ1) is 16.4. The summed E-state index contributed by atoms with van der Waals surface area (Å²) in [5.41, 5.74) is 3.61. The lowest BCUT2D eigenvalue weighted by atomic mass is 10.1. The number of benzene rings is 2. The first-order valence-electron chi connectivity index (χ1n) is 10.2. The van der Waals surface area contributed by atoms with E-state index >= 15 is 0 Å². The Morgan fingerprint density at radius 3 is 2.56 bits per heavy atom. The van der Waals surface area contributed by atoms with Crippen LogP contribution in [0.2, 0.25) is 5.02 Å². The number of rotatable bonds is 4. The van der Waals surface area contributed by atoms with Crippen molar-refractivity contribution >= 4 is 39.1 Å². The molecular formula is C24H16ClN5O3S. The van der Waals surface area contributed by atoms with Crippen molar-refractivity contribution in [1.29, 1.82) is 0 Å². The molecule has 0 aliphatic rings. The number of para-hydroxylation sites is 1. The second-order valence-corrected chi connectivity index (χ2v) is 8.68. The van der Waals surface area contributed by atoms with Crippen LogP contribution in [-0.4, -0.2) is 25.3 Å². The van der Waals surface area contributed by atoms with Crippen LogP contribution in [0.5, 0.6) is 0 Å². The number of nitrogens with zero attached hydrogens (tertiary/aromatic N) is 4.